The molecule has 0 aliphatic carbocycles. The highest BCUT2D eigenvalue weighted by atomic mass is 35.5. The van der Waals surface area contributed by atoms with E-state index in [2.05, 4.69) is 40.7 Å². The van der Waals surface area contributed by atoms with Gasteiger partial charge in [-0.05, 0) is 11.1 Å². The minimum atomic E-state index is 0.375. The molecular formula is C13H16ClN3S. The predicted molar refractivity (Wildman–Crippen MR) is 77.3 cm³/mol. The van der Waals surface area contributed by atoms with Gasteiger partial charge in [0.2, 0.25) is 5.13 Å². The van der Waals surface area contributed by atoms with E-state index >= 15 is 0 Å². The average Bonchev–Trinajstić information content (AvgIpc) is 2.86. The van der Waals surface area contributed by atoms with Crippen LogP contribution in [0.3, 0.4) is 0 Å². The number of benzene rings is 1. The second-order valence-corrected chi connectivity index (χ2v) is 5.44. The van der Waals surface area contributed by atoms with Crippen molar-refractivity contribution < 1.29 is 0 Å². The lowest BCUT2D eigenvalue weighted by Crippen LogP contribution is -1.99. The minimum Gasteiger partial charge on any atom is -0.356 e. The number of hydrogen-bond donors (Lipinski definition) is 1. The van der Waals surface area contributed by atoms with Gasteiger partial charge in [0.25, 0.3) is 0 Å². The molecule has 0 aliphatic rings. The molecule has 2 rings (SSSR count). The summed E-state index contributed by atoms with van der Waals surface area (Å²) in [5.74, 6) is 1.83. The Morgan fingerprint density at radius 2 is 1.89 bits per heavy atom. The van der Waals surface area contributed by atoms with E-state index in [1.807, 2.05) is 12.1 Å². The number of halogens is 1. The first-order valence-corrected chi connectivity index (χ1v) is 7.21. The van der Waals surface area contributed by atoms with Crippen LogP contribution < -0.4 is 5.32 Å². The molecule has 5 heteroatoms. The topological polar surface area (TPSA) is 37.8 Å². The largest absolute Gasteiger partial charge is 0.356 e. The summed E-state index contributed by atoms with van der Waals surface area (Å²) >= 11 is 7.16. The Labute approximate surface area is 116 Å². The van der Waals surface area contributed by atoms with Gasteiger partial charge in [0, 0.05) is 29.9 Å². The molecule has 1 heterocycles. The maximum absolute atomic E-state index is 5.75. The fraction of sp³-hybridized carbons (Fsp3) is 0.385. The van der Waals surface area contributed by atoms with Gasteiger partial charge in [0.15, 0.2) is 0 Å². The van der Waals surface area contributed by atoms with E-state index < -0.39 is 0 Å². The van der Waals surface area contributed by atoms with E-state index in [0.717, 1.165) is 23.1 Å². The lowest BCUT2D eigenvalue weighted by molar-refractivity contribution is 0.799. The van der Waals surface area contributed by atoms with Gasteiger partial charge >= 0.3 is 0 Å². The third-order valence-electron chi connectivity index (χ3n) is 2.58. The summed E-state index contributed by atoms with van der Waals surface area (Å²) in [6.45, 7) is 4.95. The average molecular weight is 282 g/mol. The quantitative estimate of drug-likeness (QED) is 0.842. The molecule has 1 aromatic carbocycles. The maximum atomic E-state index is 5.75. The lowest BCUT2D eigenvalue weighted by Gasteiger charge is -2.03. The van der Waals surface area contributed by atoms with Gasteiger partial charge in [-0.2, -0.15) is 4.37 Å². The second kappa shape index (κ2) is 6.16. The number of nitrogens with zero attached hydrogens (tertiary/aromatic N) is 2. The van der Waals surface area contributed by atoms with Crippen LogP contribution in [0.4, 0.5) is 5.13 Å². The molecule has 0 spiro atoms. The molecule has 18 heavy (non-hydrogen) atoms. The smallest absolute Gasteiger partial charge is 0.202 e. The van der Waals surface area contributed by atoms with E-state index in [4.69, 9.17) is 11.6 Å². The Hall–Kier alpha value is -1.13. The molecule has 3 nitrogen and oxygen atoms in total. The molecule has 0 unspecified atom stereocenters. The number of anilines is 1. The molecule has 1 N–H and O–H groups in total. The summed E-state index contributed by atoms with van der Waals surface area (Å²) in [5, 5.41) is 4.16. The van der Waals surface area contributed by atoms with Gasteiger partial charge in [-0.1, -0.05) is 38.1 Å². The van der Waals surface area contributed by atoms with Crippen molar-refractivity contribution >= 4 is 28.3 Å². The Balaban J connectivity index is 1.93. The zero-order chi connectivity index (χ0) is 13.0. The van der Waals surface area contributed by atoms with Crippen molar-refractivity contribution in [3.8, 4) is 0 Å². The van der Waals surface area contributed by atoms with Crippen molar-refractivity contribution in [3.05, 3.63) is 41.2 Å². The zero-order valence-electron chi connectivity index (χ0n) is 10.5. The van der Waals surface area contributed by atoms with Crippen LogP contribution in [0.5, 0.6) is 0 Å². The first-order chi connectivity index (χ1) is 8.69. The Morgan fingerprint density at radius 1 is 1.22 bits per heavy atom. The molecule has 0 aliphatic heterocycles. The number of aromatic nitrogens is 2. The minimum absolute atomic E-state index is 0.375. The van der Waals surface area contributed by atoms with E-state index in [-0.39, 0.29) is 0 Å². The summed E-state index contributed by atoms with van der Waals surface area (Å²) in [4.78, 5) is 4.43. The van der Waals surface area contributed by atoms with Crippen molar-refractivity contribution in [2.75, 3.05) is 5.32 Å². The Bertz CT molecular complexity index is 493. The molecule has 0 fully saturated rings. The zero-order valence-corrected chi connectivity index (χ0v) is 12.1. The number of hydrogen-bond acceptors (Lipinski definition) is 4. The highest BCUT2D eigenvalue weighted by molar-refractivity contribution is 7.09. The van der Waals surface area contributed by atoms with Crippen molar-refractivity contribution in [1.29, 1.82) is 0 Å². The highest BCUT2D eigenvalue weighted by Gasteiger charge is 2.06. The third-order valence-corrected chi connectivity index (χ3v) is 3.57. The van der Waals surface area contributed by atoms with Crippen LogP contribution in [-0.2, 0) is 12.4 Å². The summed E-state index contributed by atoms with van der Waals surface area (Å²) in [6.07, 6.45) is 0. The van der Waals surface area contributed by atoms with Crippen LogP contribution in [0.1, 0.15) is 36.7 Å². The van der Waals surface area contributed by atoms with Crippen LogP contribution in [0.2, 0.25) is 0 Å². The number of rotatable bonds is 5. The van der Waals surface area contributed by atoms with E-state index in [9.17, 15) is 0 Å². The van der Waals surface area contributed by atoms with Crippen LogP contribution in [0.15, 0.2) is 24.3 Å². The molecule has 0 saturated carbocycles. The molecule has 0 saturated heterocycles. The van der Waals surface area contributed by atoms with Crippen LogP contribution in [-0.4, -0.2) is 9.36 Å². The van der Waals surface area contributed by atoms with Crippen molar-refractivity contribution in [2.45, 2.75) is 32.2 Å². The highest BCUT2D eigenvalue weighted by Crippen LogP contribution is 2.18. The van der Waals surface area contributed by atoms with Gasteiger partial charge in [-0.3, -0.25) is 0 Å². The number of nitrogens with one attached hydrogen (secondary N) is 1. The first kappa shape index (κ1) is 13.3. The second-order valence-electron chi connectivity index (χ2n) is 4.42. The van der Waals surface area contributed by atoms with Gasteiger partial charge in [0.1, 0.15) is 5.82 Å². The fourth-order valence-corrected chi connectivity index (χ4v) is 2.35. The molecule has 0 atom stereocenters. The van der Waals surface area contributed by atoms with Crippen LogP contribution in [0, 0.1) is 0 Å². The number of alkyl halides is 1. The van der Waals surface area contributed by atoms with E-state index in [1.165, 1.54) is 17.1 Å². The van der Waals surface area contributed by atoms with Gasteiger partial charge in [0.05, 0.1) is 0 Å². The first-order valence-electron chi connectivity index (χ1n) is 5.90. The predicted octanol–water partition coefficient (Wildman–Crippen LogP) is 4.01. The normalized spacial score (nSPS) is 10.9. The fourth-order valence-electron chi connectivity index (χ4n) is 1.47. The molecule has 96 valence electrons. The van der Waals surface area contributed by atoms with Gasteiger partial charge in [-0.15, -0.1) is 11.6 Å². The van der Waals surface area contributed by atoms with Crippen LogP contribution >= 0.6 is 23.1 Å². The molecule has 0 amide bonds. The van der Waals surface area contributed by atoms with Crippen molar-refractivity contribution in [2.24, 2.45) is 0 Å². The summed E-state index contributed by atoms with van der Waals surface area (Å²) in [7, 11) is 0. The lowest BCUT2D eigenvalue weighted by atomic mass is 10.1. The third kappa shape index (κ3) is 3.43. The maximum Gasteiger partial charge on any atom is 0.202 e. The van der Waals surface area contributed by atoms with E-state index in [1.54, 1.807) is 0 Å². The molecule has 2 aromatic rings. The van der Waals surface area contributed by atoms with Gasteiger partial charge < -0.3 is 5.32 Å². The Kier molecular flexibility index (Phi) is 4.55. The van der Waals surface area contributed by atoms with Gasteiger partial charge in [-0.25, -0.2) is 4.98 Å². The summed E-state index contributed by atoms with van der Waals surface area (Å²) in [6, 6.07) is 8.25. The molecule has 0 radical (unpaired) electrons. The van der Waals surface area contributed by atoms with Crippen LogP contribution in [0.25, 0.3) is 0 Å². The monoisotopic (exact) mass is 281 g/mol. The van der Waals surface area contributed by atoms with E-state index in [0.29, 0.717) is 11.8 Å². The summed E-state index contributed by atoms with van der Waals surface area (Å²) in [5.41, 5.74) is 2.35. The summed E-state index contributed by atoms with van der Waals surface area (Å²) < 4.78 is 4.31. The molecule has 0 bridgehead atoms. The standard InChI is InChI=1S/C13H16ClN3S/c1-9(2)12-16-13(18-17-12)15-8-11-5-3-10(7-14)4-6-11/h3-6,9H,7-8H2,1-2H3,(H,15,16,17). The van der Waals surface area contributed by atoms with Crippen molar-refractivity contribution in [1.82, 2.24) is 9.36 Å². The Morgan fingerprint density at radius 3 is 2.44 bits per heavy atom. The molecular weight excluding hydrogens is 266 g/mol. The SMILES string of the molecule is CC(C)c1nsc(NCc2ccc(CCl)cc2)n1. The molecule has 1 aromatic heterocycles. The van der Waals surface area contributed by atoms with Crippen molar-refractivity contribution in [3.63, 3.8) is 0 Å².